The lowest BCUT2D eigenvalue weighted by molar-refractivity contribution is 0.102. The van der Waals surface area contributed by atoms with Crippen molar-refractivity contribution in [3.05, 3.63) is 53.1 Å². The SMILES string of the molecule is Cc1ccc(NC(=O)c2ccc3c(c2)C[C@H](C)N3S(C)(=O)=O)c(O)c1. The Morgan fingerprint density at radius 2 is 1.96 bits per heavy atom. The first-order valence-corrected chi connectivity index (χ1v) is 9.75. The van der Waals surface area contributed by atoms with Crippen molar-refractivity contribution in [3.8, 4) is 5.75 Å². The van der Waals surface area contributed by atoms with Gasteiger partial charge in [0.25, 0.3) is 5.91 Å². The van der Waals surface area contributed by atoms with Gasteiger partial charge in [-0.05, 0) is 61.7 Å². The Labute approximate surface area is 147 Å². The summed E-state index contributed by atoms with van der Waals surface area (Å²) in [6, 6.07) is 9.79. The summed E-state index contributed by atoms with van der Waals surface area (Å²) < 4.78 is 25.3. The molecular weight excluding hydrogens is 340 g/mol. The van der Waals surface area contributed by atoms with Gasteiger partial charge in [-0.3, -0.25) is 9.10 Å². The largest absolute Gasteiger partial charge is 0.506 e. The Morgan fingerprint density at radius 1 is 1.24 bits per heavy atom. The fraction of sp³-hybridized carbons (Fsp3) is 0.278. The lowest BCUT2D eigenvalue weighted by Crippen LogP contribution is -2.34. The van der Waals surface area contributed by atoms with Crippen molar-refractivity contribution in [3.63, 3.8) is 0 Å². The highest BCUT2D eigenvalue weighted by Crippen LogP contribution is 2.35. The van der Waals surface area contributed by atoms with E-state index in [1.54, 1.807) is 36.4 Å². The number of amides is 1. The number of phenolic OH excluding ortho intramolecular Hbond substituents is 1. The first-order chi connectivity index (χ1) is 11.7. The number of hydrogen-bond acceptors (Lipinski definition) is 4. The van der Waals surface area contributed by atoms with E-state index in [1.165, 1.54) is 10.6 Å². The number of hydrogen-bond donors (Lipinski definition) is 2. The van der Waals surface area contributed by atoms with Gasteiger partial charge in [-0.2, -0.15) is 0 Å². The number of anilines is 2. The van der Waals surface area contributed by atoms with Gasteiger partial charge < -0.3 is 10.4 Å². The van der Waals surface area contributed by atoms with Crippen LogP contribution in [0, 0.1) is 6.92 Å². The summed E-state index contributed by atoms with van der Waals surface area (Å²) >= 11 is 0. The van der Waals surface area contributed by atoms with Crippen LogP contribution in [0.1, 0.15) is 28.4 Å². The number of benzene rings is 2. The van der Waals surface area contributed by atoms with Crippen LogP contribution in [-0.2, 0) is 16.4 Å². The van der Waals surface area contributed by atoms with Crippen LogP contribution in [-0.4, -0.2) is 31.7 Å². The van der Waals surface area contributed by atoms with Crippen LogP contribution in [0.2, 0.25) is 0 Å². The molecule has 0 aromatic heterocycles. The minimum atomic E-state index is -3.36. The molecule has 3 rings (SSSR count). The van der Waals surface area contributed by atoms with Crippen molar-refractivity contribution in [2.24, 2.45) is 0 Å². The van der Waals surface area contributed by atoms with Crippen molar-refractivity contribution in [2.45, 2.75) is 26.3 Å². The van der Waals surface area contributed by atoms with Gasteiger partial charge >= 0.3 is 0 Å². The average molecular weight is 360 g/mol. The lowest BCUT2D eigenvalue weighted by Gasteiger charge is -2.21. The molecule has 0 fully saturated rings. The highest BCUT2D eigenvalue weighted by molar-refractivity contribution is 7.92. The molecule has 2 aromatic carbocycles. The lowest BCUT2D eigenvalue weighted by atomic mass is 10.1. The number of nitrogens with zero attached hydrogens (tertiary/aromatic N) is 1. The van der Waals surface area contributed by atoms with Gasteiger partial charge in [0.05, 0.1) is 17.6 Å². The topological polar surface area (TPSA) is 86.7 Å². The predicted molar refractivity (Wildman–Crippen MR) is 97.7 cm³/mol. The molecule has 0 aliphatic carbocycles. The molecule has 0 unspecified atom stereocenters. The number of fused-ring (bicyclic) bond motifs is 1. The molecule has 0 spiro atoms. The van der Waals surface area contributed by atoms with E-state index in [4.69, 9.17) is 0 Å². The second-order valence-corrected chi connectivity index (χ2v) is 8.29. The van der Waals surface area contributed by atoms with Gasteiger partial charge in [-0.1, -0.05) is 6.07 Å². The molecule has 0 saturated heterocycles. The van der Waals surface area contributed by atoms with Gasteiger partial charge in [0.2, 0.25) is 10.0 Å². The summed E-state index contributed by atoms with van der Waals surface area (Å²) in [7, 11) is -3.36. The van der Waals surface area contributed by atoms with Crippen molar-refractivity contribution < 1.29 is 18.3 Å². The molecule has 1 aliphatic heterocycles. The molecule has 0 bridgehead atoms. The van der Waals surface area contributed by atoms with Crippen LogP contribution in [0.25, 0.3) is 0 Å². The smallest absolute Gasteiger partial charge is 0.255 e. The van der Waals surface area contributed by atoms with E-state index in [-0.39, 0.29) is 17.7 Å². The predicted octanol–water partition coefficient (Wildman–Crippen LogP) is 2.66. The molecule has 25 heavy (non-hydrogen) atoms. The summed E-state index contributed by atoms with van der Waals surface area (Å²) in [4.78, 5) is 12.5. The second kappa shape index (κ2) is 6.07. The molecular formula is C18H20N2O4S. The van der Waals surface area contributed by atoms with Crippen LogP contribution in [0.3, 0.4) is 0 Å². The Kier molecular flexibility index (Phi) is 4.20. The molecule has 1 atom stereocenters. The van der Waals surface area contributed by atoms with E-state index in [0.29, 0.717) is 23.4 Å². The minimum Gasteiger partial charge on any atom is -0.506 e. The Morgan fingerprint density at radius 3 is 2.60 bits per heavy atom. The molecule has 7 heteroatoms. The standard InChI is InChI=1S/C18H20N2O4S/c1-11-4-6-15(17(21)8-11)19-18(22)13-5-7-16-14(10-13)9-12(2)20(16)25(3,23)24/h4-8,10,12,21H,9H2,1-3H3,(H,19,22)/t12-/m0/s1. The summed E-state index contributed by atoms with van der Waals surface area (Å²) in [5.74, 6) is -0.348. The summed E-state index contributed by atoms with van der Waals surface area (Å²) in [5, 5.41) is 12.6. The fourth-order valence-corrected chi connectivity index (χ4v) is 4.45. The third-order valence-corrected chi connectivity index (χ3v) is 5.52. The molecule has 2 N–H and O–H groups in total. The first-order valence-electron chi connectivity index (χ1n) is 7.90. The molecule has 132 valence electrons. The van der Waals surface area contributed by atoms with Gasteiger partial charge in [0.15, 0.2) is 0 Å². The van der Waals surface area contributed by atoms with E-state index in [0.717, 1.165) is 11.1 Å². The first kappa shape index (κ1) is 17.3. The third-order valence-electron chi connectivity index (χ3n) is 4.25. The van der Waals surface area contributed by atoms with E-state index < -0.39 is 10.0 Å². The van der Waals surface area contributed by atoms with Gasteiger partial charge in [-0.25, -0.2) is 8.42 Å². The van der Waals surface area contributed by atoms with Gasteiger partial charge in [0.1, 0.15) is 5.75 Å². The Bertz CT molecular complexity index is 954. The van der Waals surface area contributed by atoms with E-state index in [2.05, 4.69) is 5.32 Å². The third kappa shape index (κ3) is 3.32. The van der Waals surface area contributed by atoms with Crippen molar-refractivity contribution in [2.75, 3.05) is 15.9 Å². The number of aryl methyl sites for hydroxylation is 1. The maximum absolute atomic E-state index is 12.5. The molecule has 0 radical (unpaired) electrons. The number of phenols is 1. The minimum absolute atomic E-state index is 0.00591. The van der Waals surface area contributed by atoms with E-state index >= 15 is 0 Å². The zero-order valence-corrected chi connectivity index (χ0v) is 15.1. The maximum Gasteiger partial charge on any atom is 0.255 e. The molecule has 1 aliphatic rings. The zero-order valence-electron chi connectivity index (χ0n) is 14.3. The van der Waals surface area contributed by atoms with E-state index in [1.807, 2.05) is 13.8 Å². The summed E-state index contributed by atoms with van der Waals surface area (Å²) in [5.41, 5.74) is 3.08. The number of carbonyl (C=O) groups is 1. The Hall–Kier alpha value is -2.54. The fourth-order valence-electron chi connectivity index (χ4n) is 3.19. The normalized spacial score (nSPS) is 16.6. The molecule has 2 aromatic rings. The van der Waals surface area contributed by atoms with Gasteiger partial charge in [0, 0.05) is 11.6 Å². The number of sulfonamides is 1. The average Bonchev–Trinajstić information content (AvgIpc) is 2.84. The zero-order chi connectivity index (χ0) is 18.4. The quantitative estimate of drug-likeness (QED) is 0.824. The number of nitrogens with one attached hydrogen (secondary N) is 1. The molecule has 1 amide bonds. The van der Waals surface area contributed by atoms with Crippen molar-refractivity contribution >= 4 is 27.3 Å². The van der Waals surface area contributed by atoms with Crippen LogP contribution in [0.5, 0.6) is 5.75 Å². The summed E-state index contributed by atoms with van der Waals surface area (Å²) in [6.07, 6.45) is 1.73. The Balaban J connectivity index is 1.88. The number of carbonyl (C=O) groups excluding carboxylic acids is 1. The van der Waals surface area contributed by atoms with Crippen LogP contribution < -0.4 is 9.62 Å². The second-order valence-electron chi connectivity index (χ2n) is 6.43. The molecule has 1 heterocycles. The van der Waals surface area contributed by atoms with Gasteiger partial charge in [-0.15, -0.1) is 0 Å². The number of aromatic hydroxyl groups is 1. The highest BCUT2D eigenvalue weighted by Gasteiger charge is 2.32. The number of rotatable bonds is 3. The van der Waals surface area contributed by atoms with Crippen LogP contribution in [0.4, 0.5) is 11.4 Å². The monoisotopic (exact) mass is 360 g/mol. The molecule has 0 saturated carbocycles. The van der Waals surface area contributed by atoms with Crippen molar-refractivity contribution in [1.29, 1.82) is 0 Å². The van der Waals surface area contributed by atoms with Crippen LogP contribution >= 0.6 is 0 Å². The maximum atomic E-state index is 12.5. The molecule has 6 nitrogen and oxygen atoms in total. The van der Waals surface area contributed by atoms with E-state index in [9.17, 15) is 18.3 Å². The van der Waals surface area contributed by atoms with Crippen molar-refractivity contribution in [1.82, 2.24) is 0 Å². The summed E-state index contributed by atoms with van der Waals surface area (Å²) in [6.45, 7) is 3.69. The van der Waals surface area contributed by atoms with Crippen LogP contribution in [0.15, 0.2) is 36.4 Å². The highest BCUT2D eigenvalue weighted by atomic mass is 32.2.